The van der Waals surface area contributed by atoms with E-state index in [4.69, 9.17) is 10.4 Å². The number of nitriles is 1. The Bertz CT molecular complexity index is 246. The maximum atomic E-state index is 11.0. The largest absolute Gasteiger partial charge is 0.456 e. The van der Waals surface area contributed by atoms with Crippen molar-refractivity contribution < 1.29 is 19.7 Å². The van der Waals surface area contributed by atoms with Crippen LogP contribution in [0.15, 0.2) is 0 Å². The highest BCUT2D eigenvalue weighted by molar-refractivity contribution is 5.82. The lowest BCUT2D eigenvalue weighted by Crippen LogP contribution is -2.36. The summed E-state index contributed by atoms with van der Waals surface area (Å²) in [6, 6.07) is 1.67. The first-order valence-corrected chi connectivity index (χ1v) is 3.47. The van der Waals surface area contributed by atoms with E-state index in [2.05, 4.69) is 4.74 Å². The number of ether oxygens (including phenoxy) is 1. The Hall–Kier alpha value is -1.12. The summed E-state index contributed by atoms with van der Waals surface area (Å²) >= 11 is 0. The van der Waals surface area contributed by atoms with Crippen LogP contribution >= 0.6 is 0 Å². The number of esters is 1. The Kier molecular flexibility index (Phi) is 2.04. The fourth-order valence-corrected chi connectivity index (χ4v) is 1.07. The molecule has 2 N–H and O–H groups in total. The monoisotopic (exact) mass is 171 g/mol. The molecule has 66 valence electrons. The van der Waals surface area contributed by atoms with Crippen LogP contribution in [0.2, 0.25) is 0 Å². The lowest BCUT2D eigenvalue weighted by molar-refractivity contribution is -0.147. The molecule has 12 heavy (non-hydrogen) atoms. The zero-order chi connectivity index (χ0) is 9.35. The van der Waals surface area contributed by atoms with Crippen molar-refractivity contribution in [1.29, 1.82) is 5.26 Å². The van der Waals surface area contributed by atoms with E-state index in [9.17, 15) is 9.90 Å². The maximum absolute atomic E-state index is 11.0. The van der Waals surface area contributed by atoms with Crippen molar-refractivity contribution in [3.05, 3.63) is 0 Å². The smallest absolute Gasteiger partial charge is 0.329 e. The van der Waals surface area contributed by atoms with Crippen molar-refractivity contribution >= 4 is 5.97 Å². The van der Waals surface area contributed by atoms with Gasteiger partial charge in [-0.2, -0.15) is 5.26 Å². The molecule has 1 saturated heterocycles. The van der Waals surface area contributed by atoms with Gasteiger partial charge in [0.05, 0.1) is 12.7 Å². The molecular formula is C7H9NO4. The van der Waals surface area contributed by atoms with Gasteiger partial charge in [0.15, 0.2) is 11.5 Å². The van der Waals surface area contributed by atoms with Crippen LogP contribution in [0, 0.1) is 16.7 Å². The molecule has 1 heterocycles. The van der Waals surface area contributed by atoms with Gasteiger partial charge in [0.2, 0.25) is 0 Å². The number of rotatable bonds is 1. The summed E-state index contributed by atoms with van der Waals surface area (Å²) in [5.74, 6) is -0.781. The highest BCUT2D eigenvalue weighted by Gasteiger charge is 2.54. The molecule has 5 nitrogen and oxygen atoms in total. The van der Waals surface area contributed by atoms with Gasteiger partial charge in [-0.05, 0) is 6.92 Å². The molecule has 1 aliphatic heterocycles. The second-order valence-electron chi connectivity index (χ2n) is 2.89. The van der Waals surface area contributed by atoms with E-state index >= 15 is 0 Å². The van der Waals surface area contributed by atoms with Gasteiger partial charge in [-0.15, -0.1) is 0 Å². The first kappa shape index (κ1) is 8.97. The molecule has 0 aromatic rings. The van der Waals surface area contributed by atoms with Crippen LogP contribution in [-0.4, -0.2) is 35.0 Å². The first-order chi connectivity index (χ1) is 5.56. The Morgan fingerprint density at radius 3 is 2.67 bits per heavy atom. The van der Waals surface area contributed by atoms with Crippen molar-refractivity contribution in [2.24, 2.45) is 5.41 Å². The van der Waals surface area contributed by atoms with E-state index in [0.717, 1.165) is 0 Å². The molecule has 5 heteroatoms. The SMILES string of the molecule is CC1(C#N)C(=O)O[C@H](CO)C1O. The second kappa shape index (κ2) is 2.73. The molecule has 0 saturated carbocycles. The normalized spacial score (nSPS) is 40.7. The van der Waals surface area contributed by atoms with Gasteiger partial charge in [0, 0.05) is 0 Å². The van der Waals surface area contributed by atoms with Crippen molar-refractivity contribution in [3.63, 3.8) is 0 Å². The lowest BCUT2D eigenvalue weighted by atomic mass is 9.86. The van der Waals surface area contributed by atoms with E-state index in [1.54, 1.807) is 6.07 Å². The van der Waals surface area contributed by atoms with Gasteiger partial charge in [0.25, 0.3) is 0 Å². The molecule has 0 radical (unpaired) electrons. The molecule has 0 aliphatic carbocycles. The number of aliphatic hydroxyl groups is 2. The summed E-state index contributed by atoms with van der Waals surface area (Å²) in [7, 11) is 0. The Balaban J connectivity index is 2.93. The molecule has 0 bridgehead atoms. The minimum atomic E-state index is -1.53. The molecule has 0 aromatic heterocycles. The topological polar surface area (TPSA) is 90.6 Å². The van der Waals surface area contributed by atoms with Gasteiger partial charge in [-0.1, -0.05) is 0 Å². The van der Waals surface area contributed by atoms with Gasteiger partial charge in [-0.25, -0.2) is 0 Å². The van der Waals surface area contributed by atoms with E-state index in [1.165, 1.54) is 6.92 Å². The summed E-state index contributed by atoms with van der Waals surface area (Å²) in [5.41, 5.74) is -1.53. The fraction of sp³-hybridized carbons (Fsp3) is 0.714. The maximum Gasteiger partial charge on any atom is 0.329 e. The molecule has 3 atom stereocenters. The van der Waals surface area contributed by atoms with Gasteiger partial charge >= 0.3 is 5.97 Å². The molecule has 1 aliphatic rings. The van der Waals surface area contributed by atoms with Crippen LogP contribution in [0.25, 0.3) is 0 Å². The second-order valence-corrected chi connectivity index (χ2v) is 2.89. The van der Waals surface area contributed by atoms with E-state index < -0.39 is 30.2 Å². The first-order valence-electron chi connectivity index (χ1n) is 3.47. The highest BCUT2D eigenvalue weighted by atomic mass is 16.6. The zero-order valence-electron chi connectivity index (χ0n) is 6.52. The van der Waals surface area contributed by atoms with Crippen LogP contribution in [-0.2, 0) is 9.53 Å². The lowest BCUT2D eigenvalue weighted by Gasteiger charge is -2.15. The minimum Gasteiger partial charge on any atom is -0.456 e. The number of nitrogens with zero attached hydrogens (tertiary/aromatic N) is 1. The quantitative estimate of drug-likeness (QED) is 0.483. The van der Waals surface area contributed by atoms with E-state index in [0.29, 0.717) is 0 Å². The average molecular weight is 171 g/mol. The number of carbonyl (C=O) groups excluding carboxylic acids is 1. The van der Waals surface area contributed by atoms with Crippen LogP contribution in [0.5, 0.6) is 0 Å². The molecule has 2 unspecified atom stereocenters. The third-order valence-corrected chi connectivity index (χ3v) is 2.04. The third kappa shape index (κ3) is 0.967. The number of cyclic esters (lactones) is 1. The van der Waals surface area contributed by atoms with E-state index in [-0.39, 0.29) is 0 Å². The zero-order valence-corrected chi connectivity index (χ0v) is 6.52. The number of hydrogen-bond acceptors (Lipinski definition) is 5. The summed E-state index contributed by atoms with van der Waals surface area (Å²) in [6.07, 6.45) is -2.22. The molecule has 0 amide bonds. The van der Waals surface area contributed by atoms with Crippen LogP contribution in [0.4, 0.5) is 0 Å². The molecule has 1 fully saturated rings. The standard InChI is InChI=1S/C7H9NO4/c1-7(3-8)5(10)4(2-9)12-6(7)11/h4-5,9-10H,2H2,1H3/t4-,5?,7?/m1/s1. The summed E-state index contributed by atoms with van der Waals surface area (Å²) < 4.78 is 4.57. The number of aliphatic hydroxyl groups excluding tert-OH is 2. The molecule has 1 rings (SSSR count). The Morgan fingerprint density at radius 2 is 2.42 bits per heavy atom. The van der Waals surface area contributed by atoms with Crippen LogP contribution < -0.4 is 0 Å². The predicted molar refractivity (Wildman–Crippen MR) is 36.7 cm³/mol. The number of hydrogen-bond donors (Lipinski definition) is 2. The van der Waals surface area contributed by atoms with Crippen LogP contribution in [0.1, 0.15) is 6.92 Å². The molecule has 0 spiro atoms. The summed E-state index contributed by atoms with van der Waals surface area (Å²) in [5, 5.41) is 26.6. The van der Waals surface area contributed by atoms with E-state index in [1.807, 2.05) is 0 Å². The average Bonchev–Trinajstić information content (AvgIpc) is 2.30. The third-order valence-electron chi connectivity index (χ3n) is 2.04. The van der Waals surface area contributed by atoms with Crippen LogP contribution in [0.3, 0.4) is 0 Å². The highest BCUT2D eigenvalue weighted by Crippen LogP contribution is 2.32. The van der Waals surface area contributed by atoms with Gasteiger partial charge in [0.1, 0.15) is 6.10 Å². The predicted octanol–water partition coefficient (Wildman–Crippen LogP) is -1.21. The van der Waals surface area contributed by atoms with Gasteiger partial charge in [-0.3, -0.25) is 4.79 Å². The van der Waals surface area contributed by atoms with Crippen molar-refractivity contribution in [2.75, 3.05) is 6.61 Å². The fourth-order valence-electron chi connectivity index (χ4n) is 1.07. The Morgan fingerprint density at radius 1 is 1.83 bits per heavy atom. The van der Waals surface area contributed by atoms with Crippen molar-refractivity contribution in [3.8, 4) is 6.07 Å². The molecular weight excluding hydrogens is 162 g/mol. The minimum absolute atomic E-state index is 0.468. The molecule has 0 aromatic carbocycles. The number of carbonyl (C=O) groups is 1. The summed E-state index contributed by atoms with van der Waals surface area (Å²) in [6.45, 7) is 0.819. The summed E-state index contributed by atoms with van der Waals surface area (Å²) in [4.78, 5) is 11.0. The van der Waals surface area contributed by atoms with Crippen molar-refractivity contribution in [2.45, 2.75) is 19.1 Å². The van der Waals surface area contributed by atoms with Crippen molar-refractivity contribution in [1.82, 2.24) is 0 Å². The Labute approximate surface area is 69.2 Å². The van der Waals surface area contributed by atoms with Gasteiger partial charge < -0.3 is 14.9 Å².